The summed E-state index contributed by atoms with van der Waals surface area (Å²) >= 11 is 0. The minimum Gasteiger partial charge on any atom is -0.124 e. The first kappa shape index (κ1) is 41.0. The highest BCUT2D eigenvalue weighted by atomic mass is 31.1. The lowest BCUT2D eigenvalue weighted by Crippen LogP contribution is -2.43. The van der Waals surface area contributed by atoms with E-state index in [1.165, 1.54) is 30.2 Å². The normalized spacial score (nSPS) is 13.7. The van der Waals surface area contributed by atoms with Gasteiger partial charge in [0.05, 0.1) is 0 Å². The van der Waals surface area contributed by atoms with E-state index in [0.717, 1.165) is 5.29 Å². The van der Waals surface area contributed by atoms with Gasteiger partial charge in [0, 0.05) is 5.30 Å². The van der Waals surface area contributed by atoms with Crippen molar-refractivity contribution in [1.29, 1.82) is 0 Å². The summed E-state index contributed by atoms with van der Waals surface area (Å²) in [5.74, 6) is 7.82. The lowest BCUT2D eigenvalue weighted by atomic mass is 9.75. The van der Waals surface area contributed by atoms with Crippen LogP contribution in [-0.2, 0) is 16.2 Å². The zero-order valence-corrected chi connectivity index (χ0v) is 36.0. The molecule has 44 heavy (non-hydrogen) atoms. The average molecular weight is 651 g/mol. The van der Waals surface area contributed by atoms with E-state index in [1.54, 1.807) is 0 Å². The van der Waals surface area contributed by atoms with E-state index < -0.39 is 16.1 Å². The monoisotopic (exact) mass is 650 g/mol. The van der Waals surface area contributed by atoms with Crippen LogP contribution in [0.15, 0.2) is 12.1 Å². The molecule has 0 unspecified atom stereocenters. The molecule has 0 nitrogen and oxygen atoms in total. The van der Waals surface area contributed by atoms with Crippen LogP contribution in [0.25, 0.3) is 0 Å². The topological polar surface area (TPSA) is 0 Å². The van der Waals surface area contributed by atoms with Crippen molar-refractivity contribution in [1.82, 2.24) is 0 Å². The second-order valence-corrected chi connectivity index (χ2v) is 30.7. The summed E-state index contributed by atoms with van der Waals surface area (Å²) < 4.78 is 0. The first-order valence-corrected chi connectivity index (χ1v) is 22.9. The van der Waals surface area contributed by atoms with Crippen LogP contribution >= 0.6 is 8.20 Å². The molecule has 1 aromatic carbocycles. The molecular weight excluding hydrogens is 580 g/mol. The molecule has 0 aromatic heterocycles. The van der Waals surface area contributed by atoms with E-state index in [4.69, 9.17) is 0 Å². The fourth-order valence-corrected chi connectivity index (χ4v) is 19.8. The summed E-state index contributed by atoms with van der Waals surface area (Å²) in [5, 5.41) is 2.54. The van der Waals surface area contributed by atoms with E-state index in [2.05, 4.69) is 180 Å². The molecule has 0 aliphatic heterocycles. The Morgan fingerprint density at radius 2 is 0.773 bits per heavy atom. The Balaban J connectivity index is 4.54. The summed E-state index contributed by atoms with van der Waals surface area (Å²) in [5.41, 5.74) is 16.1. The van der Waals surface area contributed by atoms with E-state index in [9.17, 15) is 0 Å². The minimum atomic E-state index is -1.93. The Morgan fingerprint density at radius 3 is 0.977 bits per heavy atom. The molecule has 0 fully saturated rings. The Hall–Kier alpha value is -1.06. The average Bonchev–Trinajstić information content (AvgIpc) is 2.80. The van der Waals surface area contributed by atoms with E-state index in [-0.39, 0.29) is 16.2 Å². The Kier molecular flexibility index (Phi) is 13.8. The van der Waals surface area contributed by atoms with Crippen molar-refractivity contribution in [2.75, 3.05) is 0 Å². The molecule has 0 radical (unpaired) electrons. The van der Waals surface area contributed by atoms with Crippen LogP contribution in [0.3, 0.4) is 0 Å². The highest BCUT2D eigenvalue weighted by Gasteiger charge is 2.43. The first-order valence-electron chi connectivity index (χ1n) is 17.5. The quantitative estimate of drug-likeness (QED) is 0.156. The summed E-state index contributed by atoms with van der Waals surface area (Å²) in [6, 6.07) is 5.00. The maximum absolute atomic E-state index is 4.09. The van der Waals surface area contributed by atoms with Crippen LogP contribution in [0.4, 0.5) is 0 Å². The van der Waals surface area contributed by atoms with Crippen molar-refractivity contribution in [2.45, 2.75) is 195 Å². The van der Waals surface area contributed by atoms with Crippen molar-refractivity contribution in [3.8, 4) is 22.9 Å². The van der Waals surface area contributed by atoms with Gasteiger partial charge in [-0.25, -0.2) is 0 Å². The van der Waals surface area contributed by atoms with Crippen LogP contribution in [0, 0.1) is 22.9 Å². The van der Waals surface area contributed by atoms with Gasteiger partial charge in [-0.3, -0.25) is 0 Å². The highest BCUT2D eigenvalue weighted by Crippen LogP contribution is 2.42. The van der Waals surface area contributed by atoms with Gasteiger partial charge in [0.1, 0.15) is 21.4 Å². The van der Waals surface area contributed by atoms with E-state index >= 15 is 0 Å². The second-order valence-electron chi connectivity index (χ2n) is 18.4. The van der Waals surface area contributed by atoms with Crippen molar-refractivity contribution in [2.24, 2.45) is 0 Å². The maximum atomic E-state index is 4.09. The number of hydrogen-bond acceptors (Lipinski definition) is 0. The Morgan fingerprint density at radius 1 is 0.500 bits per heavy atom. The molecule has 3 heteroatoms. The molecule has 0 aliphatic carbocycles. The fraction of sp³-hybridized carbons (Fsp3) is 0.732. The SMILES string of the molecule is CC(C)[Si](C#CC(C#C[Si](C(C)C)(C(C)C)C(C)C)=Pc1c(C(C)(C)C)cc(C(C)(C)C)cc1C(C)(C)C)(C(C)C)C(C)C. The van der Waals surface area contributed by atoms with Crippen LogP contribution in [0.1, 0.15) is 162 Å². The maximum Gasteiger partial charge on any atom is 0.146 e. The third-order valence-corrected chi connectivity index (χ3v) is 24.1. The van der Waals surface area contributed by atoms with Gasteiger partial charge < -0.3 is 0 Å². The molecule has 0 heterocycles. The Labute approximate surface area is 280 Å². The fourth-order valence-electron chi connectivity index (χ4n) is 7.73. The van der Waals surface area contributed by atoms with Gasteiger partial charge in [0.15, 0.2) is 0 Å². The summed E-state index contributed by atoms with van der Waals surface area (Å²) in [4.78, 5) is 0. The molecule has 0 spiro atoms. The highest BCUT2D eigenvalue weighted by molar-refractivity contribution is 7.51. The number of benzene rings is 1. The van der Waals surface area contributed by atoms with Gasteiger partial charge in [-0.1, -0.05) is 169 Å². The molecular formula is C41H71PSi2. The van der Waals surface area contributed by atoms with Gasteiger partial charge >= 0.3 is 0 Å². The van der Waals surface area contributed by atoms with E-state index in [1.807, 2.05) is 0 Å². The third kappa shape index (κ3) is 9.05. The Bertz CT molecular complexity index is 1150. The molecule has 0 bridgehead atoms. The molecule has 0 saturated heterocycles. The minimum absolute atomic E-state index is 0.00811. The van der Waals surface area contributed by atoms with Gasteiger partial charge in [0.2, 0.25) is 0 Å². The van der Waals surface area contributed by atoms with Crippen molar-refractivity contribution in [3.05, 3.63) is 28.8 Å². The van der Waals surface area contributed by atoms with Crippen LogP contribution in [0.2, 0.25) is 33.2 Å². The van der Waals surface area contributed by atoms with Gasteiger partial charge in [-0.15, -0.1) is 11.1 Å². The smallest absolute Gasteiger partial charge is 0.124 e. The van der Waals surface area contributed by atoms with E-state index in [0.29, 0.717) is 33.2 Å². The molecule has 0 saturated carbocycles. The molecule has 248 valence electrons. The lowest BCUT2D eigenvalue weighted by Gasteiger charge is -2.38. The summed E-state index contributed by atoms with van der Waals surface area (Å²) in [6.07, 6.45) is 0. The predicted octanol–water partition coefficient (Wildman–Crippen LogP) is 12.8. The molecule has 0 N–H and O–H groups in total. The van der Waals surface area contributed by atoms with Gasteiger partial charge in [-0.05, 0) is 74.4 Å². The molecule has 0 amide bonds. The van der Waals surface area contributed by atoms with Crippen molar-refractivity contribution >= 4 is 35.0 Å². The number of hydrogen-bond donors (Lipinski definition) is 0. The standard InChI is InChI=1S/C41H71PSi2/c1-28(2)43(29(3)4,30(5)6)24-22-35(23-25-44(31(7)8,32(9)10)33(11)12)42-38-36(40(16,17)18)26-34(39(13,14)15)27-37(38)41(19,20)21/h26-33H,1-21H3. The van der Waals surface area contributed by atoms with Crippen molar-refractivity contribution < 1.29 is 0 Å². The van der Waals surface area contributed by atoms with Crippen LogP contribution in [0.5, 0.6) is 0 Å². The first-order chi connectivity index (χ1) is 19.7. The van der Waals surface area contributed by atoms with Gasteiger partial charge in [-0.2, -0.15) is 0 Å². The summed E-state index contributed by atoms with van der Waals surface area (Å²) in [7, 11) is -2.68. The van der Waals surface area contributed by atoms with Crippen LogP contribution in [-0.4, -0.2) is 21.4 Å². The zero-order valence-electron chi connectivity index (χ0n) is 33.1. The van der Waals surface area contributed by atoms with Crippen molar-refractivity contribution in [3.63, 3.8) is 0 Å². The second kappa shape index (κ2) is 14.8. The third-order valence-electron chi connectivity index (χ3n) is 10.3. The number of rotatable bonds is 7. The largest absolute Gasteiger partial charge is 0.146 e. The molecule has 0 aliphatic rings. The predicted molar refractivity (Wildman–Crippen MR) is 212 cm³/mol. The van der Waals surface area contributed by atoms with Gasteiger partial charge in [0.25, 0.3) is 0 Å². The molecule has 1 aromatic rings. The molecule has 1 rings (SSSR count). The lowest BCUT2D eigenvalue weighted by molar-refractivity contribution is 0.554. The molecule has 0 atom stereocenters. The zero-order chi connectivity index (χ0) is 34.8. The van der Waals surface area contributed by atoms with Crippen LogP contribution < -0.4 is 5.30 Å². The summed E-state index contributed by atoms with van der Waals surface area (Å²) in [6.45, 7) is 50.3.